The number of nitro groups is 1. The first-order valence-electron chi connectivity index (χ1n) is 5.57. The number of aryl methyl sites for hydroxylation is 1. The topological polar surface area (TPSA) is 113 Å². The van der Waals surface area contributed by atoms with Crippen molar-refractivity contribution in [3.05, 3.63) is 15.8 Å². The standard InChI is InChI=1S/C10H14N4O4/c1-6-8(14(15)16)9(13-10(11)12-6)18-5-7-2-3-17-4-7/h7H,2-5H2,1H3,(H2,11,12,13). The van der Waals surface area contributed by atoms with Crippen LogP contribution in [-0.4, -0.2) is 34.7 Å². The van der Waals surface area contributed by atoms with E-state index in [-0.39, 0.29) is 29.1 Å². The van der Waals surface area contributed by atoms with E-state index in [0.29, 0.717) is 19.8 Å². The molecule has 98 valence electrons. The average Bonchev–Trinajstić information content (AvgIpc) is 2.77. The molecule has 0 aliphatic carbocycles. The fraction of sp³-hybridized carbons (Fsp3) is 0.600. The van der Waals surface area contributed by atoms with Crippen LogP contribution in [0.3, 0.4) is 0 Å². The summed E-state index contributed by atoms with van der Waals surface area (Å²) in [5, 5.41) is 10.9. The molecule has 8 nitrogen and oxygen atoms in total. The third-order valence-electron chi connectivity index (χ3n) is 2.71. The molecule has 0 bridgehead atoms. The van der Waals surface area contributed by atoms with Crippen LogP contribution in [-0.2, 0) is 4.74 Å². The molecule has 0 spiro atoms. The Bertz CT molecular complexity index is 459. The number of aromatic nitrogens is 2. The van der Waals surface area contributed by atoms with Crippen molar-refractivity contribution in [3.63, 3.8) is 0 Å². The number of nitrogens with zero attached hydrogens (tertiary/aromatic N) is 3. The summed E-state index contributed by atoms with van der Waals surface area (Å²) in [4.78, 5) is 17.9. The fourth-order valence-electron chi connectivity index (χ4n) is 1.78. The highest BCUT2D eigenvalue weighted by Crippen LogP contribution is 2.28. The SMILES string of the molecule is Cc1nc(N)nc(OCC2CCOC2)c1[N+](=O)[O-]. The Morgan fingerprint density at radius 1 is 1.61 bits per heavy atom. The first-order valence-corrected chi connectivity index (χ1v) is 5.57. The van der Waals surface area contributed by atoms with Gasteiger partial charge in [-0.25, -0.2) is 4.98 Å². The van der Waals surface area contributed by atoms with Crippen LogP contribution in [0.2, 0.25) is 0 Å². The van der Waals surface area contributed by atoms with E-state index in [4.69, 9.17) is 15.2 Å². The maximum absolute atomic E-state index is 10.9. The van der Waals surface area contributed by atoms with Gasteiger partial charge in [0.2, 0.25) is 5.95 Å². The summed E-state index contributed by atoms with van der Waals surface area (Å²) in [6, 6.07) is 0. The van der Waals surface area contributed by atoms with E-state index < -0.39 is 4.92 Å². The molecule has 1 aliphatic heterocycles. The Morgan fingerprint density at radius 2 is 2.39 bits per heavy atom. The zero-order chi connectivity index (χ0) is 13.1. The predicted molar refractivity (Wildman–Crippen MR) is 62.3 cm³/mol. The van der Waals surface area contributed by atoms with Crippen molar-refractivity contribution >= 4 is 11.6 Å². The quantitative estimate of drug-likeness (QED) is 0.621. The van der Waals surface area contributed by atoms with Gasteiger partial charge in [-0.15, -0.1) is 0 Å². The lowest BCUT2D eigenvalue weighted by molar-refractivity contribution is -0.387. The van der Waals surface area contributed by atoms with Crippen molar-refractivity contribution in [3.8, 4) is 5.88 Å². The van der Waals surface area contributed by atoms with Gasteiger partial charge in [-0.05, 0) is 13.3 Å². The molecule has 2 N–H and O–H groups in total. The third-order valence-corrected chi connectivity index (χ3v) is 2.71. The van der Waals surface area contributed by atoms with E-state index in [1.165, 1.54) is 6.92 Å². The molecule has 1 aromatic heterocycles. The van der Waals surface area contributed by atoms with Gasteiger partial charge in [-0.3, -0.25) is 10.1 Å². The minimum Gasteiger partial charge on any atom is -0.472 e. The Labute approximate surface area is 103 Å². The van der Waals surface area contributed by atoms with Gasteiger partial charge >= 0.3 is 5.69 Å². The summed E-state index contributed by atoms with van der Waals surface area (Å²) in [7, 11) is 0. The second-order valence-electron chi connectivity index (χ2n) is 4.12. The van der Waals surface area contributed by atoms with Crippen LogP contribution in [0.1, 0.15) is 12.1 Å². The number of nitrogens with two attached hydrogens (primary N) is 1. The highest BCUT2D eigenvalue weighted by Gasteiger charge is 2.25. The van der Waals surface area contributed by atoms with Crippen LogP contribution in [0.25, 0.3) is 0 Å². The minimum atomic E-state index is -0.560. The predicted octanol–water partition coefficient (Wildman–Crippen LogP) is 0.691. The number of hydrogen-bond acceptors (Lipinski definition) is 7. The lowest BCUT2D eigenvalue weighted by atomic mass is 10.1. The molecule has 0 aromatic carbocycles. The van der Waals surface area contributed by atoms with Crippen molar-refractivity contribution in [1.29, 1.82) is 0 Å². The van der Waals surface area contributed by atoms with Gasteiger partial charge in [0.05, 0.1) is 18.1 Å². The molecular weight excluding hydrogens is 240 g/mol. The van der Waals surface area contributed by atoms with Gasteiger partial charge in [-0.2, -0.15) is 4.98 Å². The molecule has 0 saturated carbocycles. The Balaban J connectivity index is 2.16. The molecule has 1 unspecified atom stereocenters. The van der Waals surface area contributed by atoms with Crippen LogP contribution >= 0.6 is 0 Å². The Morgan fingerprint density at radius 3 is 3.00 bits per heavy atom. The molecule has 1 aromatic rings. The molecule has 0 radical (unpaired) electrons. The monoisotopic (exact) mass is 254 g/mol. The van der Waals surface area contributed by atoms with E-state index in [1.807, 2.05) is 0 Å². The van der Waals surface area contributed by atoms with Crippen molar-refractivity contribution in [2.45, 2.75) is 13.3 Å². The van der Waals surface area contributed by atoms with Gasteiger partial charge < -0.3 is 15.2 Å². The Hall–Kier alpha value is -1.96. The number of rotatable bonds is 4. The number of hydrogen-bond donors (Lipinski definition) is 1. The second kappa shape index (κ2) is 5.13. The van der Waals surface area contributed by atoms with Gasteiger partial charge in [0, 0.05) is 12.5 Å². The van der Waals surface area contributed by atoms with E-state index in [1.54, 1.807) is 0 Å². The van der Waals surface area contributed by atoms with Crippen molar-refractivity contribution < 1.29 is 14.4 Å². The lowest BCUT2D eigenvalue weighted by Crippen LogP contribution is -2.14. The second-order valence-corrected chi connectivity index (χ2v) is 4.12. The minimum absolute atomic E-state index is 0.0317. The zero-order valence-electron chi connectivity index (χ0n) is 9.96. The molecule has 2 rings (SSSR count). The van der Waals surface area contributed by atoms with Crippen LogP contribution in [0.15, 0.2) is 0 Å². The Kier molecular flexibility index (Phi) is 3.56. The molecule has 1 aliphatic rings. The van der Waals surface area contributed by atoms with Crippen LogP contribution in [0.5, 0.6) is 5.88 Å². The summed E-state index contributed by atoms with van der Waals surface area (Å²) >= 11 is 0. The van der Waals surface area contributed by atoms with E-state index in [2.05, 4.69) is 9.97 Å². The third kappa shape index (κ3) is 2.65. The van der Waals surface area contributed by atoms with Crippen molar-refractivity contribution in [2.24, 2.45) is 5.92 Å². The van der Waals surface area contributed by atoms with Crippen molar-refractivity contribution in [2.75, 3.05) is 25.6 Å². The van der Waals surface area contributed by atoms with Crippen LogP contribution in [0.4, 0.5) is 11.6 Å². The average molecular weight is 254 g/mol. The van der Waals surface area contributed by atoms with Gasteiger partial charge in [-0.1, -0.05) is 0 Å². The lowest BCUT2D eigenvalue weighted by Gasteiger charge is -2.10. The van der Waals surface area contributed by atoms with E-state index in [9.17, 15) is 10.1 Å². The first kappa shape index (κ1) is 12.5. The fourth-order valence-corrected chi connectivity index (χ4v) is 1.78. The molecular formula is C10H14N4O4. The maximum Gasteiger partial charge on any atom is 0.352 e. The number of nitrogen functional groups attached to an aromatic ring is 1. The number of ether oxygens (including phenoxy) is 2. The van der Waals surface area contributed by atoms with Gasteiger partial charge in [0.1, 0.15) is 5.69 Å². The smallest absolute Gasteiger partial charge is 0.352 e. The normalized spacial score (nSPS) is 18.8. The van der Waals surface area contributed by atoms with Gasteiger partial charge in [0.15, 0.2) is 0 Å². The highest BCUT2D eigenvalue weighted by molar-refractivity contribution is 5.47. The van der Waals surface area contributed by atoms with Crippen LogP contribution < -0.4 is 10.5 Å². The summed E-state index contributed by atoms with van der Waals surface area (Å²) in [6.45, 7) is 3.13. The van der Waals surface area contributed by atoms with Gasteiger partial charge in [0.25, 0.3) is 5.88 Å². The molecule has 18 heavy (non-hydrogen) atoms. The molecule has 2 heterocycles. The molecule has 1 fully saturated rings. The maximum atomic E-state index is 10.9. The van der Waals surface area contributed by atoms with Crippen molar-refractivity contribution in [1.82, 2.24) is 9.97 Å². The first-order chi connectivity index (χ1) is 8.58. The zero-order valence-corrected chi connectivity index (χ0v) is 9.96. The highest BCUT2D eigenvalue weighted by atomic mass is 16.6. The summed E-state index contributed by atoms with van der Waals surface area (Å²) in [5.74, 6) is 0.133. The number of anilines is 1. The van der Waals surface area contributed by atoms with E-state index >= 15 is 0 Å². The summed E-state index contributed by atoms with van der Waals surface area (Å²) in [6.07, 6.45) is 0.882. The van der Waals surface area contributed by atoms with Crippen LogP contribution in [0, 0.1) is 23.0 Å². The molecule has 1 atom stereocenters. The molecule has 8 heteroatoms. The van der Waals surface area contributed by atoms with E-state index in [0.717, 1.165) is 6.42 Å². The summed E-state index contributed by atoms with van der Waals surface area (Å²) in [5.41, 5.74) is 5.43. The summed E-state index contributed by atoms with van der Waals surface area (Å²) < 4.78 is 10.6. The largest absolute Gasteiger partial charge is 0.472 e. The molecule has 1 saturated heterocycles. The molecule has 0 amide bonds.